The maximum Gasteiger partial charge on any atom is 0.123 e. The summed E-state index contributed by atoms with van der Waals surface area (Å²) in [6.07, 6.45) is 0. The van der Waals surface area contributed by atoms with Crippen molar-refractivity contribution in [1.82, 2.24) is 4.98 Å². The normalized spacial score (nSPS) is 17.1. The number of hydrogen-bond donors (Lipinski definition) is 1. The van der Waals surface area contributed by atoms with E-state index in [9.17, 15) is 5.11 Å². The van der Waals surface area contributed by atoms with Crippen LogP contribution in [-0.2, 0) is 5.60 Å². The number of hydrogen-bond acceptors (Lipinski definition) is 3. The number of aliphatic hydroxyl groups is 1. The molecular formula is C9H14BrNOS. The molecule has 1 aromatic heterocycles. The molecule has 0 fully saturated rings. The highest BCUT2D eigenvalue weighted by molar-refractivity contribution is 9.10. The second-order valence-electron chi connectivity index (χ2n) is 4.29. The highest BCUT2D eigenvalue weighted by Crippen LogP contribution is 2.43. The third kappa shape index (κ3) is 1.95. The molecule has 0 radical (unpaired) electrons. The van der Waals surface area contributed by atoms with Gasteiger partial charge in [-0.2, -0.15) is 0 Å². The van der Waals surface area contributed by atoms with Gasteiger partial charge in [0.05, 0.1) is 10.4 Å². The molecular weight excluding hydrogens is 250 g/mol. The minimum absolute atomic E-state index is 0.192. The van der Waals surface area contributed by atoms with Gasteiger partial charge in [-0.25, -0.2) is 4.98 Å². The average molecular weight is 264 g/mol. The van der Waals surface area contributed by atoms with E-state index in [2.05, 4.69) is 20.9 Å². The van der Waals surface area contributed by atoms with Gasteiger partial charge in [-0.05, 0) is 28.3 Å². The standard InChI is InChI=1S/C9H14BrNOS/c1-8(2,3)9(4,12)6-7(10)11-5-13-6/h5,12H,1-4H3. The maximum atomic E-state index is 10.3. The minimum atomic E-state index is -0.840. The zero-order valence-corrected chi connectivity index (χ0v) is 10.7. The van der Waals surface area contributed by atoms with Gasteiger partial charge in [-0.3, -0.25) is 0 Å². The van der Waals surface area contributed by atoms with E-state index in [1.54, 1.807) is 5.51 Å². The van der Waals surface area contributed by atoms with E-state index >= 15 is 0 Å². The van der Waals surface area contributed by atoms with Gasteiger partial charge in [0.15, 0.2) is 0 Å². The molecule has 0 spiro atoms. The predicted molar refractivity (Wildman–Crippen MR) is 58.8 cm³/mol. The Balaban J connectivity index is 3.15. The molecule has 13 heavy (non-hydrogen) atoms. The largest absolute Gasteiger partial charge is 0.384 e. The SMILES string of the molecule is CC(C)(C)C(C)(O)c1scnc1Br. The monoisotopic (exact) mass is 263 g/mol. The first-order valence-electron chi connectivity index (χ1n) is 4.08. The first-order valence-corrected chi connectivity index (χ1v) is 5.76. The van der Waals surface area contributed by atoms with Crippen LogP contribution in [0.3, 0.4) is 0 Å². The summed E-state index contributed by atoms with van der Waals surface area (Å²) >= 11 is 4.81. The maximum absolute atomic E-state index is 10.3. The number of rotatable bonds is 1. The fourth-order valence-corrected chi connectivity index (χ4v) is 2.74. The quantitative estimate of drug-likeness (QED) is 0.845. The summed E-state index contributed by atoms with van der Waals surface area (Å²) in [6.45, 7) is 7.86. The lowest BCUT2D eigenvalue weighted by molar-refractivity contribution is -0.0445. The summed E-state index contributed by atoms with van der Waals surface area (Å²) < 4.78 is 0.748. The lowest BCUT2D eigenvalue weighted by Gasteiger charge is -2.36. The third-order valence-corrected chi connectivity index (χ3v) is 4.33. The molecule has 0 saturated carbocycles. The number of thiazole rings is 1. The van der Waals surface area contributed by atoms with Gasteiger partial charge < -0.3 is 5.11 Å². The molecule has 1 atom stereocenters. The smallest absolute Gasteiger partial charge is 0.123 e. The zero-order chi connectivity index (χ0) is 10.3. The molecule has 4 heteroatoms. The highest BCUT2D eigenvalue weighted by atomic mass is 79.9. The van der Waals surface area contributed by atoms with Gasteiger partial charge in [-0.1, -0.05) is 20.8 Å². The molecule has 0 aromatic carbocycles. The number of nitrogens with zero attached hydrogens (tertiary/aromatic N) is 1. The van der Waals surface area contributed by atoms with Crippen LogP contribution >= 0.6 is 27.3 Å². The van der Waals surface area contributed by atoms with E-state index in [0.717, 1.165) is 9.48 Å². The molecule has 1 aromatic rings. The summed E-state index contributed by atoms with van der Waals surface area (Å²) in [6, 6.07) is 0. The van der Waals surface area contributed by atoms with Gasteiger partial charge in [0.2, 0.25) is 0 Å². The van der Waals surface area contributed by atoms with Crippen molar-refractivity contribution >= 4 is 27.3 Å². The van der Waals surface area contributed by atoms with E-state index < -0.39 is 5.60 Å². The summed E-state index contributed by atoms with van der Waals surface area (Å²) in [5, 5.41) is 10.3. The Morgan fingerprint density at radius 2 is 1.92 bits per heavy atom. The predicted octanol–water partition coefficient (Wildman–Crippen LogP) is 3.16. The van der Waals surface area contributed by atoms with Gasteiger partial charge in [0, 0.05) is 0 Å². The Morgan fingerprint density at radius 1 is 1.38 bits per heavy atom. The fraction of sp³-hybridized carbons (Fsp3) is 0.667. The number of aromatic nitrogens is 1. The third-order valence-electron chi connectivity index (χ3n) is 2.43. The molecule has 1 N–H and O–H groups in total. The van der Waals surface area contributed by atoms with Crippen molar-refractivity contribution in [2.45, 2.75) is 33.3 Å². The van der Waals surface area contributed by atoms with Crippen molar-refractivity contribution in [3.05, 3.63) is 15.0 Å². The van der Waals surface area contributed by atoms with E-state index in [1.807, 2.05) is 27.7 Å². The van der Waals surface area contributed by atoms with Gasteiger partial charge in [0.25, 0.3) is 0 Å². The molecule has 1 rings (SSSR count). The fourth-order valence-electron chi connectivity index (χ4n) is 0.889. The van der Waals surface area contributed by atoms with Crippen molar-refractivity contribution in [3.8, 4) is 0 Å². The van der Waals surface area contributed by atoms with Gasteiger partial charge in [-0.15, -0.1) is 11.3 Å². The molecule has 0 aliphatic carbocycles. The minimum Gasteiger partial charge on any atom is -0.384 e. The van der Waals surface area contributed by atoms with Crippen LogP contribution in [0.25, 0.3) is 0 Å². The van der Waals surface area contributed by atoms with E-state index in [-0.39, 0.29) is 5.41 Å². The van der Waals surface area contributed by atoms with Crippen LogP contribution in [0, 0.1) is 5.41 Å². The molecule has 0 bridgehead atoms. The molecule has 0 aliphatic heterocycles. The molecule has 0 saturated heterocycles. The van der Waals surface area contributed by atoms with Crippen molar-refractivity contribution in [1.29, 1.82) is 0 Å². The Kier molecular flexibility index (Phi) is 2.86. The average Bonchev–Trinajstić information content (AvgIpc) is 2.32. The van der Waals surface area contributed by atoms with Crippen LogP contribution in [0.5, 0.6) is 0 Å². The molecule has 0 aliphatic rings. The van der Waals surface area contributed by atoms with Gasteiger partial charge in [0.1, 0.15) is 10.2 Å². The lowest BCUT2D eigenvalue weighted by atomic mass is 9.77. The zero-order valence-electron chi connectivity index (χ0n) is 8.26. The molecule has 0 amide bonds. The molecule has 1 unspecified atom stereocenters. The van der Waals surface area contributed by atoms with E-state index in [0.29, 0.717) is 0 Å². The van der Waals surface area contributed by atoms with Crippen LogP contribution < -0.4 is 0 Å². The summed E-state index contributed by atoms with van der Waals surface area (Å²) in [5.74, 6) is 0. The first kappa shape index (κ1) is 11.1. The van der Waals surface area contributed by atoms with Crippen LogP contribution in [0.1, 0.15) is 32.6 Å². The van der Waals surface area contributed by atoms with E-state index in [1.165, 1.54) is 11.3 Å². The van der Waals surface area contributed by atoms with Crippen LogP contribution in [0.15, 0.2) is 10.1 Å². The van der Waals surface area contributed by atoms with Gasteiger partial charge >= 0.3 is 0 Å². The van der Waals surface area contributed by atoms with E-state index in [4.69, 9.17) is 0 Å². The Bertz CT molecular complexity index is 301. The lowest BCUT2D eigenvalue weighted by Crippen LogP contribution is -2.36. The Morgan fingerprint density at radius 3 is 2.23 bits per heavy atom. The first-order chi connectivity index (χ1) is 5.77. The molecule has 1 heterocycles. The van der Waals surface area contributed by atoms with Crippen LogP contribution in [0.4, 0.5) is 0 Å². The summed E-state index contributed by atoms with van der Waals surface area (Å²) in [7, 11) is 0. The van der Waals surface area contributed by atoms with Crippen molar-refractivity contribution in [2.75, 3.05) is 0 Å². The Hall–Kier alpha value is 0.0700. The van der Waals surface area contributed by atoms with Crippen molar-refractivity contribution in [3.63, 3.8) is 0 Å². The van der Waals surface area contributed by atoms with Crippen molar-refractivity contribution in [2.24, 2.45) is 5.41 Å². The second-order valence-corrected chi connectivity index (χ2v) is 5.90. The second kappa shape index (κ2) is 3.33. The van der Waals surface area contributed by atoms with Crippen LogP contribution in [0.2, 0.25) is 0 Å². The Labute approximate surface area is 91.1 Å². The molecule has 74 valence electrons. The topological polar surface area (TPSA) is 33.1 Å². The van der Waals surface area contributed by atoms with Crippen molar-refractivity contribution < 1.29 is 5.11 Å². The highest BCUT2D eigenvalue weighted by Gasteiger charge is 2.39. The summed E-state index contributed by atoms with van der Waals surface area (Å²) in [4.78, 5) is 4.96. The van der Waals surface area contributed by atoms with Crippen LogP contribution in [-0.4, -0.2) is 10.1 Å². The molecule has 2 nitrogen and oxygen atoms in total. The summed E-state index contributed by atoms with van der Waals surface area (Å²) in [5.41, 5.74) is 0.703. The number of halogens is 1.